The molecule has 3 aromatic rings. The minimum absolute atomic E-state index is 0. The molecule has 0 aliphatic rings. The average Bonchev–Trinajstić information content (AvgIpc) is 2.60. The summed E-state index contributed by atoms with van der Waals surface area (Å²) in [6.07, 6.45) is 1.81. The van der Waals surface area contributed by atoms with Gasteiger partial charge in [0.05, 0.1) is 0 Å². The molecule has 111 valence electrons. The zero-order valence-corrected chi connectivity index (χ0v) is 14.4. The van der Waals surface area contributed by atoms with Crippen LogP contribution in [0.2, 0.25) is 0 Å². The van der Waals surface area contributed by atoms with Crippen LogP contribution >= 0.6 is 0 Å². The topological polar surface area (TPSA) is 12.9 Å². The maximum atomic E-state index is 5.00. The first-order valence-electron chi connectivity index (χ1n) is 7.75. The molecule has 2 heteroatoms. The van der Waals surface area contributed by atoms with Crippen LogP contribution in [0.3, 0.4) is 0 Å². The minimum Gasteiger partial charge on any atom is -0.305 e. The maximum Gasteiger partial charge on any atom is 0.0160 e. The van der Waals surface area contributed by atoms with Gasteiger partial charge in [-0.05, 0) is 36.7 Å². The van der Waals surface area contributed by atoms with Crippen molar-refractivity contribution in [3.63, 3.8) is 0 Å². The van der Waals surface area contributed by atoms with E-state index in [-0.39, 0.29) is 21.5 Å². The summed E-state index contributed by atoms with van der Waals surface area (Å²) < 4.78 is 10.0. The normalized spacial score (nSPS) is 10.4. The molecule has 1 nitrogen and oxygen atoms in total. The van der Waals surface area contributed by atoms with Gasteiger partial charge in [0, 0.05) is 30.7 Å². The number of hydrogen-bond donors (Lipinski definition) is 0. The fourth-order valence-corrected chi connectivity index (χ4v) is 2.35. The van der Waals surface area contributed by atoms with Crippen molar-refractivity contribution >= 4 is 0 Å². The molecular formula is C19H20IrN-. The van der Waals surface area contributed by atoms with Gasteiger partial charge in [-0.3, -0.25) is 0 Å². The Hall–Kier alpha value is -1.76. The Labute approximate surface area is 144 Å². The molecule has 2 aromatic carbocycles. The van der Waals surface area contributed by atoms with E-state index >= 15 is 0 Å². The zero-order chi connectivity index (χ0) is 15.9. The van der Waals surface area contributed by atoms with Crippen molar-refractivity contribution in [2.45, 2.75) is 13.8 Å². The van der Waals surface area contributed by atoms with Crippen LogP contribution in [0.1, 0.15) is 15.5 Å². The van der Waals surface area contributed by atoms with Gasteiger partial charge in [0.1, 0.15) is 0 Å². The summed E-state index contributed by atoms with van der Waals surface area (Å²) in [4.78, 5) is 4.39. The van der Waals surface area contributed by atoms with Crippen molar-refractivity contribution in [2.24, 2.45) is 0 Å². The first kappa shape index (κ1) is 14.2. The van der Waals surface area contributed by atoms with Gasteiger partial charge in [-0.1, -0.05) is 35.9 Å². The van der Waals surface area contributed by atoms with E-state index in [1.54, 1.807) is 0 Å². The van der Waals surface area contributed by atoms with Crippen molar-refractivity contribution in [3.8, 4) is 22.4 Å². The number of benzene rings is 2. The van der Waals surface area contributed by atoms with Gasteiger partial charge < -0.3 is 4.98 Å². The van der Waals surface area contributed by atoms with E-state index in [0.717, 1.165) is 11.3 Å². The summed E-state index contributed by atoms with van der Waals surface area (Å²) in [5.74, 6) is 0. The molecule has 0 aliphatic heterocycles. The Morgan fingerprint density at radius 3 is 2.67 bits per heavy atom. The van der Waals surface area contributed by atoms with Crippen molar-refractivity contribution < 1.29 is 24.5 Å². The molecule has 0 N–H and O–H groups in total. The second-order valence-electron chi connectivity index (χ2n) is 5.02. The van der Waals surface area contributed by atoms with Gasteiger partial charge in [-0.15, -0.1) is 35.4 Å². The molecule has 1 heterocycles. The van der Waals surface area contributed by atoms with E-state index in [9.17, 15) is 0 Å². The third-order valence-electron chi connectivity index (χ3n) is 3.45. The molecule has 1 radical (unpaired) electrons. The minimum atomic E-state index is 0. The molecule has 0 amide bonds. The number of hydrogen-bond acceptors (Lipinski definition) is 1. The Balaban J connectivity index is 0.00000128. The van der Waals surface area contributed by atoms with Gasteiger partial charge in [0.25, 0.3) is 0 Å². The van der Waals surface area contributed by atoms with Gasteiger partial charge >= 0.3 is 0 Å². The number of pyridine rings is 1. The number of aryl methyl sites for hydroxylation is 2. The van der Waals surface area contributed by atoms with Gasteiger partial charge in [0.2, 0.25) is 0 Å². The van der Waals surface area contributed by atoms with Gasteiger partial charge in [-0.25, -0.2) is 0 Å². The van der Waals surface area contributed by atoms with Crippen LogP contribution in [0, 0.1) is 19.9 Å². The smallest absolute Gasteiger partial charge is 0.0160 e. The Kier molecular flexibility index (Phi) is 4.59. The third kappa shape index (κ3) is 3.47. The monoisotopic (exact) mass is 458 g/mol. The predicted molar refractivity (Wildman–Crippen MR) is 87.6 cm³/mol. The fraction of sp³-hybridized carbons (Fsp3) is 0.105. The fourth-order valence-electron chi connectivity index (χ4n) is 2.35. The maximum absolute atomic E-state index is 5.00. The van der Waals surface area contributed by atoms with Crippen LogP contribution in [0.25, 0.3) is 22.4 Å². The summed E-state index contributed by atoms with van der Waals surface area (Å²) in [6.45, 7) is 4.27. The molecule has 1 aromatic heterocycles. The summed E-state index contributed by atoms with van der Waals surface area (Å²) in [7, 11) is 0. The van der Waals surface area contributed by atoms with Crippen molar-refractivity contribution in [3.05, 3.63) is 78.0 Å². The largest absolute Gasteiger partial charge is 0.305 e. The third-order valence-corrected chi connectivity index (χ3v) is 3.45. The van der Waals surface area contributed by atoms with Crippen LogP contribution in [-0.4, -0.2) is 4.98 Å². The summed E-state index contributed by atoms with van der Waals surface area (Å²) in [5.41, 5.74) is 7.04. The van der Waals surface area contributed by atoms with Gasteiger partial charge in [-0.2, -0.15) is 0 Å². The first-order valence-corrected chi connectivity index (χ1v) is 6.75. The van der Waals surface area contributed by atoms with E-state index in [1.165, 1.54) is 22.3 Å². The molecule has 0 spiro atoms. The molecule has 21 heavy (non-hydrogen) atoms. The van der Waals surface area contributed by atoms with Gasteiger partial charge in [0.15, 0.2) is 0 Å². The van der Waals surface area contributed by atoms with E-state index in [2.05, 4.69) is 55.2 Å². The molecule has 0 atom stereocenters. The molecule has 0 saturated heterocycles. The molecule has 0 saturated carbocycles. The number of rotatable bonds is 2. The molecule has 0 fully saturated rings. The predicted octanol–water partition coefficient (Wildman–Crippen LogP) is 5.32. The number of nitrogens with zero attached hydrogens (tertiary/aromatic N) is 1. The molecule has 0 aliphatic carbocycles. The van der Waals surface area contributed by atoms with Crippen molar-refractivity contribution in [2.75, 3.05) is 0 Å². The Morgan fingerprint density at radius 1 is 1.05 bits per heavy atom. The van der Waals surface area contributed by atoms with E-state index in [4.69, 9.17) is 2.97 Å². The molecule has 0 bridgehead atoms. The number of aromatic nitrogens is 1. The van der Waals surface area contributed by atoms with Crippen LogP contribution in [0.5, 0.6) is 0 Å². The standard InChI is InChI=1S/C19H16N.Ir.2H2/c1-14-9-10-15(2)18(12-14)16-6-5-7-17(13-16)19-8-3-4-11-20-19;;;/h3-6,8-13H,1-2H3;;2*1H/q-1;;;/i;;1+1D;1+1. The molecule has 3 rings (SSSR count). The van der Waals surface area contributed by atoms with Crippen LogP contribution in [0.15, 0.2) is 60.8 Å². The summed E-state index contributed by atoms with van der Waals surface area (Å²) >= 11 is 0. The van der Waals surface area contributed by atoms with E-state index < -0.39 is 0 Å². The van der Waals surface area contributed by atoms with E-state index in [0.29, 0.717) is 0 Å². The summed E-state index contributed by atoms with van der Waals surface area (Å²) in [6, 6.07) is 22.0. The van der Waals surface area contributed by atoms with Crippen molar-refractivity contribution in [1.82, 2.24) is 4.98 Å². The van der Waals surface area contributed by atoms with Crippen molar-refractivity contribution in [1.29, 1.82) is 0 Å². The van der Waals surface area contributed by atoms with Crippen LogP contribution in [-0.2, 0) is 20.1 Å². The SMILES string of the molecule is Cc1ccc(C)c(-c2cc[c-]c(-c3ccccn3)c2)c1.[2HH].[2H][2H].[Ir]. The van der Waals surface area contributed by atoms with E-state index in [1.807, 2.05) is 30.5 Å². The van der Waals surface area contributed by atoms with Crippen LogP contribution < -0.4 is 0 Å². The molecular weight excluding hydrogens is 434 g/mol. The average molecular weight is 458 g/mol. The molecule has 0 unspecified atom stereocenters. The zero-order valence-electron chi connectivity index (χ0n) is 14.1. The second-order valence-corrected chi connectivity index (χ2v) is 5.02. The van der Waals surface area contributed by atoms with Crippen LogP contribution in [0.4, 0.5) is 0 Å². The Morgan fingerprint density at radius 2 is 1.90 bits per heavy atom. The second kappa shape index (κ2) is 6.80. The first-order chi connectivity index (χ1) is 10.7. The summed E-state index contributed by atoms with van der Waals surface area (Å²) in [5, 5.41) is 0. The quantitative estimate of drug-likeness (QED) is 0.475. The Bertz CT molecular complexity index is 749.